The third-order valence-electron chi connectivity index (χ3n) is 6.11. The number of morpholine rings is 1. The van der Waals surface area contributed by atoms with Crippen molar-refractivity contribution in [3.8, 4) is 11.1 Å². The van der Waals surface area contributed by atoms with Crippen LogP contribution in [0.2, 0.25) is 0 Å². The lowest BCUT2D eigenvalue weighted by Crippen LogP contribution is -2.37. The molecule has 1 aliphatic heterocycles. The number of halogens is 3. The van der Waals surface area contributed by atoms with Crippen molar-refractivity contribution in [3.05, 3.63) is 71.3 Å². The number of ether oxygens (including phenoxy) is 1. The molecule has 2 aromatic carbocycles. The fraction of sp³-hybridized carbons (Fsp3) is 0.357. The Bertz CT molecular complexity index is 1300. The number of carbonyl (C=O) groups is 1. The molecular weight excluding hydrogens is 497 g/mol. The second-order valence-corrected chi connectivity index (χ2v) is 9.93. The number of aromatic nitrogens is 1. The molecule has 202 valence electrons. The molecule has 0 saturated carbocycles. The quantitative estimate of drug-likeness (QED) is 0.384. The Morgan fingerprint density at radius 1 is 1.08 bits per heavy atom. The van der Waals surface area contributed by atoms with Crippen LogP contribution in [0.25, 0.3) is 11.1 Å². The van der Waals surface area contributed by atoms with Crippen LogP contribution in [0.1, 0.15) is 35.3 Å². The molecule has 3 N–H and O–H groups in total. The Hall–Kier alpha value is -3.63. The van der Waals surface area contributed by atoms with Crippen LogP contribution in [-0.2, 0) is 10.9 Å². The largest absolute Gasteiger partial charge is 0.416 e. The van der Waals surface area contributed by atoms with Gasteiger partial charge in [0.2, 0.25) is 0 Å². The van der Waals surface area contributed by atoms with Gasteiger partial charge in [-0.3, -0.25) is 4.79 Å². The van der Waals surface area contributed by atoms with Crippen molar-refractivity contribution in [1.29, 1.82) is 0 Å². The van der Waals surface area contributed by atoms with Gasteiger partial charge < -0.3 is 25.4 Å². The van der Waals surface area contributed by atoms with Gasteiger partial charge in [-0.05, 0) is 79.9 Å². The van der Waals surface area contributed by atoms with E-state index in [9.17, 15) is 23.1 Å². The number of aliphatic hydroxyl groups is 1. The van der Waals surface area contributed by atoms with Crippen LogP contribution >= 0.6 is 0 Å². The maximum Gasteiger partial charge on any atom is 0.416 e. The van der Waals surface area contributed by atoms with Crippen LogP contribution in [-0.4, -0.2) is 54.4 Å². The number of pyridine rings is 1. The van der Waals surface area contributed by atoms with Crippen molar-refractivity contribution >= 4 is 23.2 Å². The molecule has 0 aliphatic carbocycles. The number of nitrogens with one attached hydrogen (secondary N) is 2. The Labute approximate surface area is 219 Å². The first-order chi connectivity index (χ1) is 17.9. The highest BCUT2D eigenvalue weighted by molar-refractivity contribution is 6.04. The average Bonchev–Trinajstić information content (AvgIpc) is 2.88. The van der Waals surface area contributed by atoms with Crippen molar-refractivity contribution in [2.45, 2.75) is 32.5 Å². The summed E-state index contributed by atoms with van der Waals surface area (Å²) in [6, 6.07) is 13.5. The fourth-order valence-electron chi connectivity index (χ4n) is 4.07. The summed E-state index contributed by atoms with van der Waals surface area (Å²) in [5.41, 5.74) is 1.15. The number of amides is 1. The zero-order chi connectivity index (χ0) is 27.5. The van der Waals surface area contributed by atoms with Gasteiger partial charge in [-0.25, -0.2) is 4.98 Å². The zero-order valence-electron chi connectivity index (χ0n) is 21.5. The molecule has 7 nitrogen and oxygen atoms in total. The van der Waals surface area contributed by atoms with Crippen LogP contribution in [0, 0.1) is 6.92 Å². The molecule has 38 heavy (non-hydrogen) atoms. The summed E-state index contributed by atoms with van der Waals surface area (Å²) in [5, 5.41) is 16.1. The monoisotopic (exact) mass is 528 g/mol. The van der Waals surface area contributed by atoms with E-state index in [-0.39, 0.29) is 12.1 Å². The minimum absolute atomic E-state index is 0.0847. The minimum Gasteiger partial charge on any atom is -0.389 e. The van der Waals surface area contributed by atoms with Crippen LogP contribution < -0.4 is 15.5 Å². The topological polar surface area (TPSA) is 86.7 Å². The van der Waals surface area contributed by atoms with Crippen molar-refractivity contribution in [2.75, 3.05) is 48.4 Å². The van der Waals surface area contributed by atoms with Crippen molar-refractivity contribution in [2.24, 2.45) is 0 Å². The fourth-order valence-corrected chi connectivity index (χ4v) is 4.07. The lowest BCUT2D eigenvalue weighted by atomic mass is 10.00. The van der Waals surface area contributed by atoms with Gasteiger partial charge in [0, 0.05) is 30.9 Å². The summed E-state index contributed by atoms with van der Waals surface area (Å²) >= 11 is 0. The summed E-state index contributed by atoms with van der Waals surface area (Å²) in [7, 11) is 0. The van der Waals surface area contributed by atoms with Gasteiger partial charge in [-0.1, -0.05) is 12.1 Å². The van der Waals surface area contributed by atoms with Crippen LogP contribution in [0.4, 0.5) is 30.5 Å². The van der Waals surface area contributed by atoms with Crippen molar-refractivity contribution in [1.82, 2.24) is 4.98 Å². The summed E-state index contributed by atoms with van der Waals surface area (Å²) in [6.07, 6.45) is -4.54. The maximum atomic E-state index is 13.1. The molecule has 0 bridgehead atoms. The lowest BCUT2D eigenvalue weighted by molar-refractivity contribution is -0.137. The predicted octanol–water partition coefficient (Wildman–Crippen LogP) is 5.35. The summed E-state index contributed by atoms with van der Waals surface area (Å²) in [5.74, 6) is 0.702. The first kappa shape index (κ1) is 27.4. The predicted molar refractivity (Wildman–Crippen MR) is 142 cm³/mol. The van der Waals surface area contributed by atoms with Gasteiger partial charge in [0.05, 0.1) is 24.4 Å². The summed E-state index contributed by atoms with van der Waals surface area (Å²) in [6.45, 7) is 8.19. The first-order valence-corrected chi connectivity index (χ1v) is 12.3. The van der Waals surface area contributed by atoms with E-state index in [0.717, 1.165) is 34.6 Å². The molecule has 0 atom stereocenters. The number of aryl methyl sites for hydroxylation is 1. The van der Waals surface area contributed by atoms with E-state index in [1.807, 2.05) is 25.1 Å². The molecule has 4 rings (SSSR count). The van der Waals surface area contributed by atoms with Crippen LogP contribution in [0.15, 0.2) is 54.6 Å². The van der Waals surface area contributed by atoms with Crippen LogP contribution in [0.5, 0.6) is 0 Å². The number of carbonyl (C=O) groups excluding carboxylic acids is 1. The smallest absolute Gasteiger partial charge is 0.389 e. The number of nitrogens with zero attached hydrogens (tertiary/aromatic N) is 2. The SMILES string of the molecule is Cc1ccc(NC(=O)c2cccc(C(F)(F)F)c2)cc1-c1cc(NCC(C)(C)O)nc(N2CCOCC2)c1. The molecule has 3 aromatic rings. The second-order valence-electron chi connectivity index (χ2n) is 9.93. The van der Waals surface area contributed by atoms with E-state index in [1.165, 1.54) is 12.1 Å². The third kappa shape index (κ3) is 7.02. The molecular formula is C28H31F3N4O3. The summed E-state index contributed by atoms with van der Waals surface area (Å²) in [4.78, 5) is 19.6. The minimum atomic E-state index is -4.54. The first-order valence-electron chi connectivity index (χ1n) is 12.3. The molecule has 1 aromatic heterocycles. The highest BCUT2D eigenvalue weighted by Crippen LogP contribution is 2.32. The van der Waals surface area contributed by atoms with Gasteiger partial charge in [-0.15, -0.1) is 0 Å². The van der Waals surface area contributed by atoms with E-state index in [1.54, 1.807) is 26.0 Å². The third-order valence-corrected chi connectivity index (χ3v) is 6.11. The molecule has 1 aliphatic rings. The van der Waals surface area contributed by atoms with E-state index in [4.69, 9.17) is 9.72 Å². The number of rotatable bonds is 7. The Morgan fingerprint density at radius 2 is 1.82 bits per heavy atom. The van der Waals surface area contributed by atoms with E-state index < -0.39 is 23.2 Å². The van der Waals surface area contributed by atoms with Gasteiger partial charge in [0.1, 0.15) is 11.6 Å². The number of hydrogen-bond donors (Lipinski definition) is 3. The standard InChI is InChI=1S/C28H31F3N4O3/c1-18-7-8-22(33-26(36)19-5-4-6-21(13-19)28(29,30)31)16-23(18)20-14-24(32-17-27(2,3)37)34-25(15-20)35-9-11-38-12-10-35/h4-8,13-16,37H,9-12,17H2,1-3H3,(H,32,34)(H,33,36). The van der Waals surface area contributed by atoms with Gasteiger partial charge in [-0.2, -0.15) is 13.2 Å². The number of hydrogen-bond acceptors (Lipinski definition) is 6. The normalized spacial score (nSPS) is 14.3. The van der Waals surface area contributed by atoms with Crippen molar-refractivity contribution < 1.29 is 27.8 Å². The molecule has 0 unspecified atom stereocenters. The number of alkyl halides is 3. The highest BCUT2D eigenvalue weighted by Gasteiger charge is 2.31. The van der Waals surface area contributed by atoms with Gasteiger partial charge in [0.15, 0.2) is 0 Å². The van der Waals surface area contributed by atoms with E-state index in [2.05, 4.69) is 15.5 Å². The number of benzene rings is 2. The molecule has 0 radical (unpaired) electrons. The van der Waals surface area contributed by atoms with Gasteiger partial charge in [0.25, 0.3) is 5.91 Å². The summed E-state index contributed by atoms with van der Waals surface area (Å²) < 4.78 is 44.8. The molecule has 1 amide bonds. The van der Waals surface area contributed by atoms with Crippen LogP contribution in [0.3, 0.4) is 0 Å². The molecule has 0 spiro atoms. The van der Waals surface area contributed by atoms with Gasteiger partial charge >= 0.3 is 6.18 Å². The highest BCUT2D eigenvalue weighted by atomic mass is 19.4. The van der Waals surface area contributed by atoms with E-state index >= 15 is 0 Å². The van der Waals surface area contributed by atoms with Crippen molar-refractivity contribution in [3.63, 3.8) is 0 Å². The zero-order valence-corrected chi connectivity index (χ0v) is 21.5. The Morgan fingerprint density at radius 3 is 2.50 bits per heavy atom. The molecule has 1 fully saturated rings. The lowest BCUT2D eigenvalue weighted by Gasteiger charge is -2.29. The molecule has 10 heteroatoms. The Balaban J connectivity index is 1.65. The van der Waals surface area contributed by atoms with E-state index in [0.29, 0.717) is 37.8 Å². The average molecular weight is 529 g/mol. The number of anilines is 3. The second kappa shape index (κ2) is 11.0. The maximum absolute atomic E-state index is 13.1. The Kier molecular flexibility index (Phi) is 7.94. The molecule has 1 saturated heterocycles. The molecule has 2 heterocycles.